The lowest BCUT2D eigenvalue weighted by Gasteiger charge is -2.29. The second-order valence-corrected chi connectivity index (χ2v) is 9.12. The van der Waals surface area contributed by atoms with Crippen molar-refractivity contribution >= 4 is 5.91 Å². The topological polar surface area (TPSA) is 29.1 Å². The molecule has 0 saturated carbocycles. The van der Waals surface area contributed by atoms with Gasteiger partial charge in [-0.1, -0.05) is 104 Å². The van der Waals surface area contributed by atoms with Crippen LogP contribution < -0.4 is 5.32 Å². The number of rotatable bonds is 20. The Morgan fingerprint density at radius 1 is 0.630 bits per heavy atom. The highest BCUT2D eigenvalue weighted by atomic mass is 16.1. The van der Waals surface area contributed by atoms with Gasteiger partial charge in [-0.2, -0.15) is 0 Å². The standard InChI is InChI=1S/C24H50N2O/c1-5-7-8-9-10-11-12-13-14-15-16-17-18-19-20-21-24(27)25-23-26(3,4)22-6-2/h5-23H2,1-4H3/p+1. The maximum Gasteiger partial charge on any atom is 0.224 e. The van der Waals surface area contributed by atoms with Crippen molar-refractivity contribution in [1.82, 2.24) is 5.32 Å². The van der Waals surface area contributed by atoms with Gasteiger partial charge in [0, 0.05) is 6.42 Å². The van der Waals surface area contributed by atoms with E-state index in [0.717, 1.165) is 30.5 Å². The number of hydrogen-bond donors (Lipinski definition) is 1. The van der Waals surface area contributed by atoms with Crippen LogP contribution in [0.5, 0.6) is 0 Å². The largest absolute Gasteiger partial charge is 0.311 e. The molecule has 0 unspecified atom stereocenters. The summed E-state index contributed by atoms with van der Waals surface area (Å²) in [5.41, 5.74) is 0. The fraction of sp³-hybridized carbons (Fsp3) is 0.958. The molecule has 162 valence electrons. The lowest BCUT2D eigenvalue weighted by atomic mass is 10.0. The van der Waals surface area contributed by atoms with Crippen LogP contribution >= 0.6 is 0 Å². The van der Waals surface area contributed by atoms with Crippen LogP contribution in [0.1, 0.15) is 123 Å². The molecule has 1 amide bonds. The molecule has 0 aromatic rings. The predicted molar refractivity (Wildman–Crippen MR) is 120 cm³/mol. The second-order valence-electron chi connectivity index (χ2n) is 9.12. The first-order valence-electron chi connectivity index (χ1n) is 12.1. The summed E-state index contributed by atoms with van der Waals surface area (Å²) >= 11 is 0. The van der Waals surface area contributed by atoms with Crippen LogP contribution in [-0.2, 0) is 4.79 Å². The molecule has 0 saturated heterocycles. The van der Waals surface area contributed by atoms with Crippen LogP contribution in [0.15, 0.2) is 0 Å². The van der Waals surface area contributed by atoms with Gasteiger partial charge in [0.2, 0.25) is 5.91 Å². The van der Waals surface area contributed by atoms with E-state index >= 15 is 0 Å². The van der Waals surface area contributed by atoms with Crippen LogP contribution in [0.4, 0.5) is 0 Å². The van der Waals surface area contributed by atoms with Gasteiger partial charge in [0.05, 0.1) is 20.6 Å². The molecule has 3 heteroatoms. The Morgan fingerprint density at radius 2 is 1.04 bits per heavy atom. The Kier molecular flexibility index (Phi) is 18.4. The van der Waals surface area contributed by atoms with E-state index in [4.69, 9.17) is 0 Å². The van der Waals surface area contributed by atoms with Crippen molar-refractivity contribution in [3.05, 3.63) is 0 Å². The molecule has 0 rings (SSSR count). The lowest BCUT2D eigenvalue weighted by Crippen LogP contribution is -2.48. The van der Waals surface area contributed by atoms with E-state index in [0.29, 0.717) is 6.42 Å². The van der Waals surface area contributed by atoms with Crippen molar-refractivity contribution in [2.45, 2.75) is 123 Å². The molecule has 0 fully saturated rings. The lowest BCUT2D eigenvalue weighted by molar-refractivity contribution is -0.892. The molecule has 0 aliphatic rings. The minimum absolute atomic E-state index is 0.229. The van der Waals surface area contributed by atoms with E-state index in [1.54, 1.807) is 0 Å². The number of carbonyl (C=O) groups excluding carboxylic acids is 1. The average Bonchev–Trinajstić information content (AvgIpc) is 2.63. The summed E-state index contributed by atoms with van der Waals surface area (Å²) in [6.07, 6.45) is 22.4. The Hall–Kier alpha value is -0.570. The normalized spacial score (nSPS) is 11.7. The molecular formula is C24H51N2O+. The molecular weight excluding hydrogens is 332 g/mol. The Labute approximate surface area is 171 Å². The molecule has 0 aromatic carbocycles. The summed E-state index contributed by atoms with van der Waals surface area (Å²) in [5, 5.41) is 3.09. The van der Waals surface area contributed by atoms with Gasteiger partial charge in [-0.3, -0.25) is 4.79 Å². The van der Waals surface area contributed by atoms with Crippen LogP contribution in [0.3, 0.4) is 0 Å². The summed E-state index contributed by atoms with van der Waals surface area (Å²) in [5.74, 6) is 0.229. The Balaban J connectivity index is 3.25. The van der Waals surface area contributed by atoms with Gasteiger partial charge in [-0.15, -0.1) is 0 Å². The van der Waals surface area contributed by atoms with Crippen LogP contribution in [0.2, 0.25) is 0 Å². The minimum Gasteiger partial charge on any atom is -0.311 e. The summed E-state index contributed by atoms with van der Waals surface area (Å²) in [7, 11) is 4.36. The van der Waals surface area contributed by atoms with Gasteiger partial charge in [0.15, 0.2) is 6.67 Å². The average molecular weight is 384 g/mol. The fourth-order valence-corrected chi connectivity index (χ4v) is 3.73. The van der Waals surface area contributed by atoms with Gasteiger partial charge < -0.3 is 9.80 Å². The van der Waals surface area contributed by atoms with E-state index in [1.165, 1.54) is 89.9 Å². The van der Waals surface area contributed by atoms with E-state index in [1.807, 2.05) is 0 Å². The van der Waals surface area contributed by atoms with Gasteiger partial charge in [-0.25, -0.2) is 0 Å². The summed E-state index contributed by atoms with van der Waals surface area (Å²) in [4.78, 5) is 11.9. The van der Waals surface area contributed by atoms with Crippen molar-refractivity contribution < 1.29 is 9.28 Å². The predicted octanol–water partition coefficient (Wildman–Crippen LogP) is 6.81. The molecule has 0 aliphatic carbocycles. The molecule has 3 nitrogen and oxygen atoms in total. The zero-order valence-corrected chi connectivity index (χ0v) is 19.3. The number of unbranched alkanes of at least 4 members (excludes halogenated alkanes) is 14. The van der Waals surface area contributed by atoms with E-state index in [-0.39, 0.29) is 5.91 Å². The minimum atomic E-state index is 0.229. The van der Waals surface area contributed by atoms with E-state index in [2.05, 4.69) is 33.3 Å². The Bertz CT molecular complexity index is 328. The first kappa shape index (κ1) is 26.4. The number of nitrogens with zero attached hydrogens (tertiary/aromatic N) is 1. The van der Waals surface area contributed by atoms with Gasteiger partial charge >= 0.3 is 0 Å². The SMILES string of the molecule is CCCCCCCCCCCCCCCCCC(=O)NC[N+](C)(C)CCC. The van der Waals surface area contributed by atoms with Crippen LogP contribution in [0.25, 0.3) is 0 Å². The molecule has 1 N–H and O–H groups in total. The second kappa shape index (κ2) is 18.8. The molecule has 0 atom stereocenters. The third kappa shape index (κ3) is 20.0. The number of carbonyl (C=O) groups is 1. The Morgan fingerprint density at radius 3 is 1.44 bits per heavy atom. The molecule has 0 aromatic heterocycles. The number of hydrogen-bond acceptors (Lipinski definition) is 1. The van der Waals surface area contributed by atoms with Crippen molar-refractivity contribution in [3.8, 4) is 0 Å². The number of nitrogens with one attached hydrogen (secondary N) is 1. The summed E-state index contributed by atoms with van der Waals surface area (Å²) < 4.78 is 0.876. The highest BCUT2D eigenvalue weighted by Gasteiger charge is 2.14. The maximum atomic E-state index is 11.9. The smallest absolute Gasteiger partial charge is 0.224 e. The zero-order valence-electron chi connectivity index (χ0n) is 19.3. The first-order valence-corrected chi connectivity index (χ1v) is 12.1. The third-order valence-electron chi connectivity index (χ3n) is 5.54. The van der Waals surface area contributed by atoms with Crippen LogP contribution in [0, 0.1) is 0 Å². The number of amides is 1. The maximum absolute atomic E-state index is 11.9. The molecule has 0 bridgehead atoms. The molecule has 0 spiro atoms. The summed E-state index contributed by atoms with van der Waals surface area (Å²) in [6.45, 7) is 6.34. The van der Waals surface area contributed by atoms with Crippen LogP contribution in [-0.4, -0.2) is 37.7 Å². The fourth-order valence-electron chi connectivity index (χ4n) is 3.73. The molecule has 0 aliphatic heterocycles. The van der Waals surface area contributed by atoms with E-state index in [9.17, 15) is 4.79 Å². The van der Waals surface area contributed by atoms with Crippen molar-refractivity contribution in [2.24, 2.45) is 0 Å². The molecule has 27 heavy (non-hydrogen) atoms. The van der Waals surface area contributed by atoms with Gasteiger partial charge in [-0.05, 0) is 12.8 Å². The summed E-state index contributed by atoms with van der Waals surface area (Å²) in [6, 6.07) is 0. The van der Waals surface area contributed by atoms with Crippen molar-refractivity contribution in [1.29, 1.82) is 0 Å². The van der Waals surface area contributed by atoms with Gasteiger partial charge in [0.1, 0.15) is 0 Å². The molecule has 0 radical (unpaired) electrons. The highest BCUT2D eigenvalue weighted by Crippen LogP contribution is 2.13. The monoisotopic (exact) mass is 383 g/mol. The zero-order chi connectivity index (χ0) is 20.2. The first-order chi connectivity index (χ1) is 13.0. The van der Waals surface area contributed by atoms with Gasteiger partial charge in [0.25, 0.3) is 0 Å². The van der Waals surface area contributed by atoms with E-state index < -0.39 is 0 Å². The highest BCUT2D eigenvalue weighted by molar-refractivity contribution is 5.75. The van der Waals surface area contributed by atoms with Crippen molar-refractivity contribution in [3.63, 3.8) is 0 Å². The third-order valence-corrected chi connectivity index (χ3v) is 5.54. The van der Waals surface area contributed by atoms with Crippen molar-refractivity contribution in [2.75, 3.05) is 27.3 Å². The number of quaternary nitrogens is 1. The molecule has 0 heterocycles. The quantitative estimate of drug-likeness (QED) is 0.140.